The lowest BCUT2D eigenvalue weighted by Crippen LogP contribution is -2.52. The number of carbonyl (C=O) groups is 2. The third kappa shape index (κ3) is 4.26. The molecule has 0 bridgehead atoms. The Labute approximate surface area is 151 Å². The molecule has 1 aliphatic heterocycles. The van der Waals surface area contributed by atoms with Crippen molar-refractivity contribution in [1.82, 2.24) is 25.1 Å². The highest BCUT2D eigenvalue weighted by molar-refractivity contribution is 5.86. The second-order valence-electron chi connectivity index (χ2n) is 6.29. The summed E-state index contributed by atoms with van der Waals surface area (Å²) >= 11 is 0. The lowest BCUT2D eigenvalue weighted by Gasteiger charge is -2.35. The van der Waals surface area contributed by atoms with Crippen LogP contribution in [0.3, 0.4) is 0 Å². The van der Waals surface area contributed by atoms with E-state index < -0.39 is 0 Å². The first-order valence-corrected chi connectivity index (χ1v) is 8.53. The number of amides is 2. The predicted octanol–water partition coefficient (Wildman–Crippen LogP) is 0.391. The van der Waals surface area contributed by atoms with Crippen molar-refractivity contribution in [3.05, 3.63) is 53.9 Å². The van der Waals surface area contributed by atoms with E-state index in [-0.39, 0.29) is 36.6 Å². The van der Waals surface area contributed by atoms with Crippen molar-refractivity contribution >= 4 is 11.8 Å². The Balaban J connectivity index is 1.58. The number of benzene rings is 1. The molecule has 2 heterocycles. The van der Waals surface area contributed by atoms with E-state index in [4.69, 9.17) is 0 Å². The Kier molecular flexibility index (Phi) is 5.62. The molecule has 138 valence electrons. The highest BCUT2D eigenvalue weighted by Gasteiger charge is 2.30. The number of hydrogen-bond donors (Lipinski definition) is 2. The van der Waals surface area contributed by atoms with Crippen LogP contribution < -0.4 is 10.6 Å². The minimum atomic E-state index is -0.384. The number of rotatable bonds is 5. The van der Waals surface area contributed by atoms with Gasteiger partial charge in [0.25, 0.3) is 0 Å². The van der Waals surface area contributed by atoms with Gasteiger partial charge < -0.3 is 20.1 Å². The number of hydrogen-bond acceptors (Lipinski definition) is 4. The van der Waals surface area contributed by atoms with Crippen molar-refractivity contribution < 1.29 is 14.0 Å². The zero-order chi connectivity index (χ0) is 18.5. The molecule has 1 atom stereocenters. The van der Waals surface area contributed by atoms with Crippen LogP contribution in [0.5, 0.6) is 0 Å². The average molecular weight is 359 g/mol. The first-order chi connectivity index (χ1) is 12.5. The first kappa shape index (κ1) is 18.1. The molecule has 7 nitrogen and oxygen atoms in total. The molecule has 0 spiro atoms. The number of imidazole rings is 1. The van der Waals surface area contributed by atoms with Crippen molar-refractivity contribution in [2.45, 2.75) is 12.5 Å². The molecule has 8 heteroatoms. The number of aromatic nitrogens is 2. The van der Waals surface area contributed by atoms with E-state index in [0.717, 1.165) is 5.82 Å². The molecule has 1 saturated heterocycles. The highest BCUT2D eigenvalue weighted by Crippen LogP contribution is 2.20. The lowest BCUT2D eigenvalue weighted by molar-refractivity contribution is -0.135. The van der Waals surface area contributed by atoms with E-state index in [1.807, 2.05) is 17.8 Å². The topological polar surface area (TPSA) is 79.3 Å². The zero-order valence-corrected chi connectivity index (χ0v) is 14.6. The predicted molar refractivity (Wildman–Crippen MR) is 93.6 cm³/mol. The van der Waals surface area contributed by atoms with Crippen molar-refractivity contribution in [3.63, 3.8) is 0 Å². The van der Waals surface area contributed by atoms with Crippen molar-refractivity contribution in [3.8, 4) is 0 Å². The quantitative estimate of drug-likeness (QED) is 0.810. The van der Waals surface area contributed by atoms with Crippen LogP contribution in [0.4, 0.5) is 4.39 Å². The summed E-state index contributed by atoms with van der Waals surface area (Å²) in [5, 5.41) is 5.90. The maximum Gasteiger partial charge on any atom is 0.242 e. The Morgan fingerprint density at radius 2 is 2.27 bits per heavy atom. The van der Waals surface area contributed by atoms with Crippen LogP contribution in [0.15, 0.2) is 36.7 Å². The number of nitrogens with one attached hydrogen (secondary N) is 2. The van der Waals surface area contributed by atoms with Gasteiger partial charge in [-0.15, -0.1) is 0 Å². The van der Waals surface area contributed by atoms with Crippen LogP contribution in [-0.4, -0.2) is 52.4 Å². The van der Waals surface area contributed by atoms with E-state index >= 15 is 0 Å². The molecule has 3 rings (SSSR count). The summed E-state index contributed by atoms with van der Waals surface area (Å²) < 4.78 is 15.1. The molecule has 1 aromatic heterocycles. The summed E-state index contributed by atoms with van der Waals surface area (Å²) in [5.74, 6) is -0.0542. The van der Waals surface area contributed by atoms with Gasteiger partial charge in [-0.2, -0.15) is 0 Å². The van der Waals surface area contributed by atoms with Gasteiger partial charge in [-0.25, -0.2) is 9.37 Å². The van der Waals surface area contributed by atoms with Gasteiger partial charge in [0.1, 0.15) is 17.7 Å². The van der Waals surface area contributed by atoms with Crippen LogP contribution in [0.25, 0.3) is 0 Å². The molecule has 26 heavy (non-hydrogen) atoms. The molecule has 0 aliphatic carbocycles. The van der Waals surface area contributed by atoms with Gasteiger partial charge in [-0.05, 0) is 17.7 Å². The average Bonchev–Trinajstić information content (AvgIpc) is 3.05. The SMILES string of the molecule is Cn1ccnc1C1CNCCN1C(=O)CNC(=O)Cc1cccc(F)c1. The molecular formula is C18H22FN5O2. The van der Waals surface area contributed by atoms with Gasteiger partial charge in [-0.3, -0.25) is 9.59 Å². The Hall–Kier alpha value is -2.74. The third-order valence-corrected chi connectivity index (χ3v) is 4.41. The van der Waals surface area contributed by atoms with Crippen molar-refractivity contribution in [2.24, 2.45) is 7.05 Å². The van der Waals surface area contributed by atoms with Gasteiger partial charge in [0.05, 0.1) is 13.0 Å². The summed E-state index contributed by atoms with van der Waals surface area (Å²) in [7, 11) is 1.89. The molecular weight excluding hydrogens is 337 g/mol. The largest absolute Gasteiger partial charge is 0.347 e. The van der Waals surface area contributed by atoms with E-state index in [1.54, 1.807) is 23.2 Å². The van der Waals surface area contributed by atoms with Gasteiger partial charge >= 0.3 is 0 Å². The van der Waals surface area contributed by atoms with Gasteiger partial charge in [-0.1, -0.05) is 12.1 Å². The van der Waals surface area contributed by atoms with Crippen molar-refractivity contribution in [2.75, 3.05) is 26.2 Å². The molecule has 1 fully saturated rings. The zero-order valence-electron chi connectivity index (χ0n) is 14.6. The van der Waals surface area contributed by atoms with E-state index in [1.165, 1.54) is 12.1 Å². The Morgan fingerprint density at radius 3 is 3.00 bits per heavy atom. The third-order valence-electron chi connectivity index (χ3n) is 4.41. The van der Waals surface area contributed by atoms with Gasteiger partial charge in [0.2, 0.25) is 11.8 Å². The van der Waals surface area contributed by atoms with E-state index in [2.05, 4.69) is 15.6 Å². The monoisotopic (exact) mass is 359 g/mol. The maximum absolute atomic E-state index is 13.2. The molecule has 2 amide bonds. The number of nitrogens with zero attached hydrogens (tertiary/aromatic N) is 3. The maximum atomic E-state index is 13.2. The van der Waals surface area contributed by atoms with Gasteiger partial charge in [0.15, 0.2) is 0 Å². The Morgan fingerprint density at radius 1 is 1.42 bits per heavy atom. The number of halogens is 1. The number of piperazine rings is 1. The number of carbonyl (C=O) groups excluding carboxylic acids is 2. The smallest absolute Gasteiger partial charge is 0.242 e. The standard InChI is InChI=1S/C18H22FN5O2/c1-23-7-6-21-18(23)15-11-20-5-8-24(15)17(26)12-22-16(25)10-13-3-2-4-14(19)9-13/h2-4,6-7,9,15,20H,5,8,10-12H2,1H3,(H,22,25). The second kappa shape index (κ2) is 8.09. The minimum absolute atomic E-state index is 0.0371. The number of aryl methyl sites for hydroxylation is 1. The molecule has 1 unspecified atom stereocenters. The first-order valence-electron chi connectivity index (χ1n) is 8.53. The van der Waals surface area contributed by atoms with E-state index in [0.29, 0.717) is 25.2 Å². The van der Waals surface area contributed by atoms with Crippen LogP contribution in [0.2, 0.25) is 0 Å². The molecule has 2 N–H and O–H groups in total. The highest BCUT2D eigenvalue weighted by atomic mass is 19.1. The summed E-state index contributed by atoms with van der Waals surface area (Å²) in [6, 6.07) is 5.71. The molecule has 0 saturated carbocycles. The summed E-state index contributed by atoms with van der Waals surface area (Å²) in [5.41, 5.74) is 0.572. The fourth-order valence-corrected chi connectivity index (χ4v) is 3.10. The fraction of sp³-hybridized carbons (Fsp3) is 0.389. The summed E-state index contributed by atoms with van der Waals surface area (Å²) in [4.78, 5) is 30.7. The normalized spacial score (nSPS) is 17.2. The molecule has 2 aromatic rings. The minimum Gasteiger partial charge on any atom is -0.347 e. The fourth-order valence-electron chi connectivity index (χ4n) is 3.10. The van der Waals surface area contributed by atoms with Gasteiger partial charge in [0, 0.05) is 39.1 Å². The van der Waals surface area contributed by atoms with Crippen LogP contribution in [-0.2, 0) is 23.1 Å². The van der Waals surface area contributed by atoms with Crippen LogP contribution in [0.1, 0.15) is 17.4 Å². The summed E-state index contributed by atoms with van der Waals surface area (Å²) in [6.45, 7) is 1.78. The summed E-state index contributed by atoms with van der Waals surface area (Å²) in [6.07, 6.45) is 3.58. The Bertz CT molecular complexity index is 791. The lowest BCUT2D eigenvalue weighted by atomic mass is 10.1. The molecule has 0 radical (unpaired) electrons. The molecule has 1 aromatic carbocycles. The van der Waals surface area contributed by atoms with Crippen LogP contribution in [0, 0.1) is 5.82 Å². The van der Waals surface area contributed by atoms with E-state index in [9.17, 15) is 14.0 Å². The van der Waals surface area contributed by atoms with Crippen molar-refractivity contribution in [1.29, 1.82) is 0 Å². The molecule has 1 aliphatic rings. The second-order valence-corrected chi connectivity index (χ2v) is 6.29. The van der Waals surface area contributed by atoms with Crippen LogP contribution >= 0.6 is 0 Å².